The van der Waals surface area contributed by atoms with Gasteiger partial charge in [-0.3, -0.25) is 4.99 Å². The first-order valence-corrected chi connectivity index (χ1v) is 8.62. The molecule has 2 unspecified atom stereocenters. The molecule has 0 amide bonds. The minimum absolute atomic E-state index is 0. The van der Waals surface area contributed by atoms with Gasteiger partial charge in [-0.25, -0.2) is 9.67 Å². The van der Waals surface area contributed by atoms with Crippen molar-refractivity contribution in [3.63, 3.8) is 0 Å². The van der Waals surface area contributed by atoms with Gasteiger partial charge in [-0.2, -0.15) is 5.10 Å². The summed E-state index contributed by atoms with van der Waals surface area (Å²) in [5, 5.41) is 20.5. The van der Waals surface area contributed by atoms with E-state index in [0.29, 0.717) is 18.5 Å². The predicted octanol–water partition coefficient (Wildman–Crippen LogP) is 1.52. The lowest BCUT2D eigenvalue weighted by Crippen LogP contribution is -2.47. The van der Waals surface area contributed by atoms with E-state index in [1.807, 2.05) is 11.6 Å². The van der Waals surface area contributed by atoms with Crippen molar-refractivity contribution in [2.24, 2.45) is 10.9 Å². The maximum absolute atomic E-state index is 9.13. The van der Waals surface area contributed by atoms with E-state index in [1.165, 1.54) is 0 Å². The Morgan fingerprint density at radius 2 is 2.17 bits per heavy atom. The number of aryl methyl sites for hydroxylation is 1. The van der Waals surface area contributed by atoms with Crippen molar-refractivity contribution in [3.05, 3.63) is 11.6 Å². The van der Waals surface area contributed by atoms with E-state index in [0.717, 1.165) is 43.5 Å². The van der Waals surface area contributed by atoms with Crippen LogP contribution in [0.2, 0.25) is 0 Å². The third-order valence-corrected chi connectivity index (χ3v) is 3.95. The highest BCUT2D eigenvalue weighted by Gasteiger charge is 2.23. The third-order valence-electron chi connectivity index (χ3n) is 3.95. The zero-order valence-electron chi connectivity index (χ0n) is 15.1. The van der Waals surface area contributed by atoms with Crippen LogP contribution in [0.25, 0.3) is 0 Å². The second-order valence-electron chi connectivity index (χ2n) is 6.61. The lowest BCUT2D eigenvalue weighted by molar-refractivity contribution is 0.241. The van der Waals surface area contributed by atoms with Crippen molar-refractivity contribution in [1.82, 2.24) is 25.4 Å². The standard InChI is InChI=1S/C16H30N6O.HI/c1-5-17-16(18-8-12(4)10-23)19-13-6-7-14-20-15(11(2)3)21-22(14)9-13;/h11-13,23H,5-10H2,1-4H3,(H2,17,18,19);1H. The average Bonchev–Trinajstić information content (AvgIpc) is 2.96. The Hall–Kier alpha value is -0.900. The summed E-state index contributed by atoms with van der Waals surface area (Å²) in [6, 6.07) is 0.298. The number of aromatic nitrogens is 3. The van der Waals surface area contributed by atoms with Crippen LogP contribution in [-0.4, -0.2) is 51.6 Å². The molecule has 0 saturated heterocycles. The molecule has 0 aliphatic carbocycles. The molecule has 1 aliphatic rings. The highest BCUT2D eigenvalue weighted by Crippen LogP contribution is 2.16. The number of nitrogens with zero attached hydrogens (tertiary/aromatic N) is 4. The smallest absolute Gasteiger partial charge is 0.191 e. The highest BCUT2D eigenvalue weighted by molar-refractivity contribution is 14.0. The van der Waals surface area contributed by atoms with E-state index in [-0.39, 0.29) is 36.5 Å². The molecule has 2 rings (SSSR count). The van der Waals surface area contributed by atoms with Gasteiger partial charge in [0, 0.05) is 38.1 Å². The Labute approximate surface area is 161 Å². The van der Waals surface area contributed by atoms with Crippen LogP contribution in [0.4, 0.5) is 0 Å². The zero-order valence-corrected chi connectivity index (χ0v) is 17.4. The van der Waals surface area contributed by atoms with Crippen molar-refractivity contribution in [3.8, 4) is 0 Å². The molecule has 0 saturated carbocycles. The lowest BCUT2D eigenvalue weighted by Gasteiger charge is -2.25. The van der Waals surface area contributed by atoms with Gasteiger partial charge in [-0.15, -0.1) is 24.0 Å². The van der Waals surface area contributed by atoms with Gasteiger partial charge in [-0.1, -0.05) is 20.8 Å². The maximum atomic E-state index is 9.13. The summed E-state index contributed by atoms with van der Waals surface area (Å²) >= 11 is 0. The Kier molecular flexibility index (Phi) is 8.96. The average molecular weight is 450 g/mol. The molecule has 1 aromatic heterocycles. The number of hydrogen-bond acceptors (Lipinski definition) is 4. The molecular weight excluding hydrogens is 419 g/mol. The van der Waals surface area contributed by atoms with Gasteiger partial charge in [0.2, 0.25) is 0 Å². The third kappa shape index (κ3) is 5.87. The molecule has 0 aromatic carbocycles. The molecule has 24 heavy (non-hydrogen) atoms. The molecule has 0 fully saturated rings. The molecule has 8 heteroatoms. The summed E-state index contributed by atoms with van der Waals surface area (Å²) in [5.41, 5.74) is 0. The SMILES string of the molecule is CCNC(=NCC(C)CO)NC1CCc2nc(C(C)C)nn2C1.I. The fourth-order valence-electron chi connectivity index (χ4n) is 2.51. The maximum Gasteiger partial charge on any atom is 0.191 e. The molecule has 7 nitrogen and oxygen atoms in total. The van der Waals surface area contributed by atoms with Crippen LogP contribution in [-0.2, 0) is 13.0 Å². The van der Waals surface area contributed by atoms with E-state index < -0.39 is 0 Å². The second-order valence-corrected chi connectivity index (χ2v) is 6.61. The number of aliphatic hydroxyl groups is 1. The lowest BCUT2D eigenvalue weighted by atomic mass is 10.1. The van der Waals surface area contributed by atoms with Gasteiger partial charge in [-0.05, 0) is 19.3 Å². The Bertz CT molecular complexity index is 531. The molecule has 3 N–H and O–H groups in total. The van der Waals surface area contributed by atoms with Crippen molar-refractivity contribution in [2.45, 2.75) is 59.0 Å². The number of halogens is 1. The number of fused-ring (bicyclic) bond motifs is 1. The van der Waals surface area contributed by atoms with Gasteiger partial charge in [0.05, 0.1) is 6.54 Å². The van der Waals surface area contributed by atoms with Crippen LogP contribution >= 0.6 is 24.0 Å². The number of guanidine groups is 1. The van der Waals surface area contributed by atoms with Gasteiger partial charge in [0.1, 0.15) is 5.82 Å². The molecule has 0 bridgehead atoms. The van der Waals surface area contributed by atoms with Crippen molar-refractivity contribution >= 4 is 29.9 Å². The van der Waals surface area contributed by atoms with Gasteiger partial charge < -0.3 is 15.7 Å². The van der Waals surface area contributed by atoms with E-state index in [2.05, 4.69) is 46.5 Å². The minimum Gasteiger partial charge on any atom is -0.396 e. The fourth-order valence-corrected chi connectivity index (χ4v) is 2.51. The largest absolute Gasteiger partial charge is 0.396 e. The number of hydrogen-bond donors (Lipinski definition) is 3. The molecule has 1 aromatic rings. The number of aliphatic hydroxyl groups excluding tert-OH is 1. The number of rotatable bonds is 6. The molecule has 2 heterocycles. The van der Waals surface area contributed by atoms with Gasteiger partial charge in [0.25, 0.3) is 0 Å². The van der Waals surface area contributed by atoms with Gasteiger partial charge in [0.15, 0.2) is 11.8 Å². The predicted molar refractivity (Wildman–Crippen MR) is 107 cm³/mol. The highest BCUT2D eigenvalue weighted by atomic mass is 127. The summed E-state index contributed by atoms with van der Waals surface area (Å²) in [6.07, 6.45) is 1.96. The van der Waals surface area contributed by atoms with Crippen LogP contribution in [0.5, 0.6) is 0 Å². The molecule has 0 spiro atoms. The molecule has 1 aliphatic heterocycles. The van der Waals surface area contributed by atoms with Gasteiger partial charge >= 0.3 is 0 Å². The first kappa shape index (κ1) is 21.1. The van der Waals surface area contributed by atoms with Crippen molar-refractivity contribution < 1.29 is 5.11 Å². The first-order valence-electron chi connectivity index (χ1n) is 8.62. The van der Waals surface area contributed by atoms with Crippen LogP contribution in [0.3, 0.4) is 0 Å². The number of nitrogens with one attached hydrogen (secondary N) is 2. The Morgan fingerprint density at radius 1 is 1.42 bits per heavy atom. The van der Waals surface area contributed by atoms with Crippen molar-refractivity contribution in [1.29, 1.82) is 0 Å². The molecular formula is C16H31IN6O. The Morgan fingerprint density at radius 3 is 2.79 bits per heavy atom. The Balaban J connectivity index is 0.00000288. The van der Waals surface area contributed by atoms with E-state index in [4.69, 9.17) is 5.11 Å². The quantitative estimate of drug-likeness (QED) is 0.348. The van der Waals surface area contributed by atoms with E-state index in [1.54, 1.807) is 0 Å². The number of aliphatic imine (C=N–C) groups is 1. The molecule has 0 radical (unpaired) electrons. The zero-order chi connectivity index (χ0) is 16.8. The summed E-state index contributed by atoms with van der Waals surface area (Å²) in [7, 11) is 0. The topological polar surface area (TPSA) is 87.4 Å². The van der Waals surface area contributed by atoms with E-state index >= 15 is 0 Å². The van der Waals surface area contributed by atoms with Crippen LogP contribution in [0.15, 0.2) is 4.99 Å². The fraction of sp³-hybridized carbons (Fsp3) is 0.812. The summed E-state index contributed by atoms with van der Waals surface area (Å²) in [4.78, 5) is 9.18. The van der Waals surface area contributed by atoms with E-state index in [9.17, 15) is 0 Å². The van der Waals surface area contributed by atoms with Crippen LogP contribution in [0.1, 0.15) is 51.7 Å². The van der Waals surface area contributed by atoms with Crippen LogP contribution < -0.4 is 10.6 Å². The minimum atomic E-state index is 0. The molecule has 138 valence electrons. The summed E-state index contributed by atoms with van der Waals surface area (Å²) < 4.78 is 2.02. The first-order chi connectivity index (χ1) is 11.0. The monoisotopic (exact) mass is 450 g/mol. The summed E-state index contributed by atoms with van der Waals surface area (Å²) in [6.45, 7) is 10.7. The normalized spacial score (nSPS) is 18.8. The van der Waals surface area contributed by atoms with Crippen LogP contribution in [0, 0.1) is 5.92 Å². The molecule has 2 atom stereocenters. The van der Waals surface area contributed by atoms with Crippen molar-refractivity contribution in [2.75, 3.05) is 19.7 Å². The second kappa shape index (κ2) is 10.2. The summed E-state index contributed by atoms with van der Waals surface area (Å²) in [5.74, 6) is 3.36.